The van der Waals surface area contributed by atoms with Gasteiger partial charge in [-0.2, -0.15) is 0 Å². The lowest BCUT2D eigenvalue weighted by molar-refractivity contribution is -0.139. The summed E-state index contributed by atoms with van der Waals surface area (Å²) in [6.07, 6.45) is 1.74. The minimum atomic E-state index is -0.754. The SMILES string of the molecule is CCOC(=O)C1=C(C)N=c2s/c(=C/c3cc(OC)ccc3OC)c(=O)n2[C@H]1c1ccccc1OC. The number of hydrogen-bond acceptors (Lipinski definition) is 8. The average molecular weight is 495 g/mol. The summed E-state index contributed by atoms with van der Waals surface area (Å²) in [5.41, 5.74) is 1.86. The van der Waals surface area contributed by atoms with E-state index in [0.717, 1.165) is 0 Å². The molecule has 0 saturated heterocycles. The predicted molar refractivity (Wildman–Crippen MR) is 133 cm³/mol. The summed E-state index contributed by atoms with van der Waals surface area (Å²) in [5.74, 6) is 1.27. The van der Waals surface area contributed by atoms with Gasteiger partial charge in [-0.05, 0) is 44.2 Å². The minimum Gasteiger partial charge on any atom is -0.497 e. The van der Waals surface area contributed by atoms with Crippen LogP contribution in [0.2, 0.25) is 0 Å². The molecule has 1 aliphatic rings. The number of aromatic nitrogens is 1. The molecule has 182 valence electrons. The molecule has 2 aromatic carbocycles. The summed E-state index contributed by atoms with van der Waals surface area (Å²) in [7, 11) is 4.70. The second-order valence-corrected chi connectivity index (χ2v) is 8.66. The van der Waals surface area contributed by atoms with Gasteiger partial charge in [-0.3, -0.25) is 9.36 Å². The molecular weight excluding hydrogens is 468 g/mol. The van der Waals surface area contributed by atoms with Crippen molar-refractivity contribution < 1.29 is 23.7 Å². The van der Waals surface area contributed by atoms with Crippen molar-refractivity contribution in [2.24, 2.45) is 4.99 Å². The highest BCUT2D eigenvalue weighted by atomic mass is 32.1. The first-order valence-electron chi connectivity index (χ1n) is 11.0. The van der Waals surface area contributed by atoms with Gasteiger partial charge in [-0.15, -0.1) is 0 Å². The summed E-state index contributed by atoms with van der Waals surface area (Å²) < 4.78 is 23.7. The number of allylic oxidation sites excluding steroid dienone is 1. The van der Waals surface area contributed by atoms with Crippen molar-refractivity contribution in [1.82, 2.24) is 4.57 Å². The van der Waals surface area contributed by atoms with Gasteiger partial charge < -0.3 is 18.9 Å². The van der Waals surface area contributed by atoms with Gasteiger partial charge in [0.1, 0.15) is 23.3 Å². The fourth-order valence-corrected chi connectivity index (χ4v) is 5.11. The maximum absolute atomic E-state index is 13.8. The van der Waals surface area contributed by atoms with E-state index in [2.05, 4.69) is 4.99 Å². The Balaban J connectivity index is 2.00. The number of carbonyl (C=O) groups excluding carboxylic acids is 1. The third-order valence-electron chi connectivity index (χ3n) is 5.67. The van der Waals surface area contributed by atoms with E-state index in [1.807, 2.05) is 18.2 Å². The van der Waals surface area contributed by atoms with Crippen molar-refractivity contribution in [3.63, 3.8) is 0 Å². The Morgan fingerprint density at radius 1 is 1.09 bits per heavy atom. The van der Waals surface area contributed by atoms with Gasteiger partial charge in [0.15, 0.2) is 4.80 Å². The van der Waals surface area contributed by atoms with Crippen molar-refractivity contribution in [3.8, 4) is 17.2 Å². The monoisotopic (exact) mass is 494 g/mol. The van der Waals surface area contributed by atoms with Crippen LogP contribution in [0.15, 0.2) is 63.5 Å². The number of ether oxygens (including phenoxy) is 4. The molecule has 0 aliphatic carbocycles. The smallest absolute Gasteiger partial charge is 0.338 e. The molecule has 9 heteroatoms. The van der Waals surface area contributed by atoms with E-state index < -0.39 is 12.0 Å². The third kappa shape index (κ3) is 4.46. The number of hydrogen-bond donors (Lipinski definition) is 0. The van der Waals surface area contributed by atoms with Crippen LogP contribution in [0.5, 0.6) is 17.2 Å². The van der Waals surface area contributed by atoms with Crippen LogP contribution >= 0.6 is 11.3 Å². The maximum atomic E-state index is 13.8. The zero-order valence-electron chi connectivity index (χ0n) is 20.2. The van der Waals surface area contributed by atoms with Crippen LogP contribution in [0.25, 0.3) is 6.08 Å². The van der Waals surface area contributed by atoms with Crippen molar-refractivity contribution in [2.75, 3.05) is 27.9 Å². The second-order valence-electron chi connectivity index (χ2n) is 7.65. The number of para-hydroxylation sites is 1. The molecule has 1 aromatic heterocycles. The molecule has 8 nitrogen and oxygen atoms in total. The molecule has 4 rings (SSSR count). The first-order valence-corrected chi connectivity index (χ1v) is 11.8. The number of esters is 1. The molecule has 3 aromatic rings. The zero-order chi connectivity index (χ0) is 25.1. The Morgan fingerprint density at radius 2 is 1.83 bits per heavy atom. The topological polar surface area (TPSA) is 88.4 Å². The van der Waals surface area contributed by atoms with Crippen molar-refractivity contribution in [2.45, 2.75) is 19.9 Å². The molecule has 0 spiro atoms. The first kappa shape index (κ1) is 24.3. The van der Waals surface area contributed by atoms with Gasteiger partial charge in [0.2, 0.25) is 0 Å². The van der Waals surface area contributed by atoms with Crippen LogP contribution in [-0.4, -0.2) is 38.5 Å². The predicted octanol–water partition coefficient (Wildman–Crippen LogP) is 2.82. The number of benzene rings is 2. The molecule has 0 radical (unpaired) electrons. The minimum absolute atomic E-state index is 0.203. The molecule has 0 bridgehead atoms. The molecule has 0 amide bonds. The number of nitrogens with zero attached hydrogens (tertiary/aromatic N) is 2. The normalized spacial score (nSPS) is 15.3. The molecule has 0 fully saturated rings. The Kier molecular flexibility index (Phi) is 7.07. The van der Waals surface area contributed by atoms with Gasteiger partial charge >= 0.3 is 5.97 Å². The van der Waals surface area contributed by atoms with E-state index in [9.17, 15) is 9.59 Å². The van der Waals surface area contributed by atoms with E-state index in [0.29, 0.717) is 49.0 Å². The molecule has 1 aliphatic heterocycles. The molecular formula is C26H26N2O6S. The standard InChI is InChI=1S/C26H26N2O6S/c1-6-34-25(30)22-15(2)27-26-28(23(22)18-9-7-8-10-20(18)33-5)24(29)21(35-26)14-16-13-17(31-3)11-12-19(16)32-4/h7-14,23H,6H2,1-5H3/b21-14+/t23-/m0/s1. The summed E-state index contributed by atoms with van der Waals surface area (Å²) in [4.78, 5) is 31.9. The van der Waals surface area contributed by atoms with Gasteiger partial charge in [0.25, 0.3) is 5.56 Å². The molecule has 0 saturated carbocycles. The van der Waals surface area contributed by atoms with Crippen LogP contribution in [0, 0.1) is 0 Å². The Labute approximate surface area is 206 Å². The first-order chi connectivity index (χ1) is 16.9. The third-order valence-corrected chi connectivity index (χ3v) is 6.66. The average Bonchev–Trinajstić information content (AvgIpc) is 3.17. The highest BCUT2D eigenvalue weighted by molar-refractivity contribution is 7.07. The Morgan fingerprint density at radius 3 is 2.51 bits per heavy atom. The van der Waals surface area contributed by atoms with E-state index in [-0.39, 0.29) is 12.2 Å². The Bertz CT molecular complexity index is 1480. The summed E-state index contributed by atoms with van der Waals surface area (Å²) in [5, 5.41) is 0. The van der Waals surface area contributed by atoms with Crippen LogP contribution in [-0.2, 0) is 9.53 Å². The van der Waals surface area contributed by atoms with Gasteiger partial charge in [-0.1, -0.05) is 29.5 Å². The summed E-state index contributed by atoms with van der Waals surface area (Å²) in [6.45, 7) is 3.69. The fourth-order valence-electron chi connectivity index (χ4n) is 4.07. The quantitative estimate of drug-likeness (QED) is 0.470. The van der Waals surface area contributed by atoms with E-state index >= 15 is 0 Å². The van der Waals surface area contributed by atoms with E-state index in [1.54, 1.807) is 65.5 Å². The zero-order valence-corrected chi connectivity index (χ0v) is 21.0. The summed E-state index contributed by atoms with van der Waals surface area (Å²) in [6, 6.07) is 11.9. The number of carbonyl (C=O) groups is 1. The van der Waals surface area contributed by atoms with E-state index in [1.165, 1.54) is 15.9 Å². The van der Waals surface area contributed by atoms with Crippen molar-refractivity contribution in [1.29, 1.82) is 0 Å². The highest BCUT2D eigenvalue weighted by Gasteiger charge is 2.34. The number of thiazole rings is 1. The van der Waals surface area contributed by atoms with Crippen LogP contribution < -0.4 is 29.1 Å². The van der Waals surface area contributed by atoms with Gasteiger partial charge in [0, 0.05) is 11.1 Å². The molecule has 0 N–H and O–H groups in total. The van der Waals surface area contributed by atoms with Gasteiger partial charge in [0.05, 0.1) is 43.7 Å². The van der Waals surface area contributed by atoms with E-state index in [4.69, 9.17) is 18.9 Å². The number of methoxy groups -OCH3 is 3. The largest absolute Gasteiger partial charge is 0.497 e. The fraction of sp³-hybridized carbons (Fsp3) is 0.269. The second kappa shape index (κ2) is 10.2. The van der Waals surface area contributed by atoms with Crippen molar-refractivity contribution >= 4 is 23.4 Å². The van der Waals surface area contributed by atoms with Crippen LogP contribution in [0.1, 0.15) is 31.0 Å². The molecule has 0 unspecified atom stereocenters. The molecule has 1 atom stereocenters. The lowest BCUT2D eigenvalue weighted by Gasteiger charge is -2.25. The van der Waals surface area contributed by atoms with Crippen LogP contribution in [0.3, 0.4) is 0 Å². The molecule has 2 heterocycles. The lowest BCUT2D eigenvalue weighted by Crippen LogP contribution is -2.40. The maximum Gasteiger partial charge on any atom is 0.338 e. The lowest BCUT2D eigenvalue weighted by atomic mass is 9.95. The van der Waals surface area contributed by atoms with Crippen molar-refractivity contribution in [3.05, 3.63) is 84.5 Å². The van der Waals surface area contributed by atoms with Gasteiger partial charge in [-0.25, -0.2) is 9.79 Å². The van der Waals surface area contributed by atoms with Crippen LogP contribution in [0.4, 0.5) is 0 Å². The number of rotatable bonds is 7. The molecule has 35 heavy (non-hydrogen) atoms. The highest BCUT2D eigenvalue weighted by Crippen LogP contribution is 2.35. The Hall–Kier alpha value is -3.85. The summed E-state index contributed by atoms with van der Waals surface area (Å²) >= 11 is 1.24. The number of fused-ring (bicyclic) bond motifs is 1.